The van der Waals surface area contributed by atoms with Crippen LogP contribution in [0.1, 0.15) is 25.3 Å². The monoisotopic (exact) mass is 259 g/mol. The third kappa shape index (κ3) is 3.18. The fraction of sp³-hybridized carbons (Fsp3) is 0.533. The first-order valence-corrected chi connectivity index (χ1v) is 6.72. The first-order valence-electron chi connectivity index (χ1n) is 6.72. The van der Waals surface area contributed by atoms with Gasteiger partial charge in [0.05, 0.1) is 29.6 Å². The molecule has 2 N–H and O–H groups in total. The molecule has 0 saturated heterocycles. The van der Waals surface area contributed by atoms with Crippen molar-refractivity contribution in [3.63, 3.8) is 0 Å². The predicted molar refractivity (Wildman–Crippen MR) is 77.0 cm³/mol. The largest absolute Gasteiger partial charge is 0.397 e. The molecule has 1 fully saturated rings. The van der Waals surface area contributed by atoms with Gasteiger partial charge in [0.2, 0.25) is 0 Å². The zero-order chi connectivity index (χ0) is 13.8. The number of anilines is 2. The summed E-state index contributed by atoms with van der Waals surface area (Å²) >= 11 is 0. The second-order valence-electron chi connectivity index (χ2n) is 5.15. The Morgan fingerprint density at radius 2 is 2.26 bits per heavy atom. The molecular formula is C15H21N3O. The average Bonchev–Trinajstić information content (AvgIpc) is 3.25. The van der Waals surface area contributed by atoms with E-state index in [-0.39, 0.29) is 0 Å². The minimum Gasteiger partial charge on any atom is -0.397 e. The number of methoxy groups -OCH3 is 1. The Morgan fingerprint density at radius 1 is 1.53 bits per heavy atom. The summed E-state index contributed by atoms with van der Waals surface area (Å²) in [6.07, 6.45) is 2.56. The van der Waals surface area contributed by atoms with E-state index in [1.165, 1.54) is 12.8 Å². The summed E-state index contributed by atoms with van der Waals surface area (Å²) in [4.78, 5) is 2.28. The van der Waals surface area contributed by atoms with Gasteiger partial charge in [-0.2, -0.15) is 5.26 Å². The predicted octanol–water partition coefficient (Wildman–Crippen LogP) is 2.39. The molecule has 0 radical (unpaired) electrons. The number of nitriles is 1. The Morgan fingerprint density at radius 3 is 2.84 bits per heavy atom. The summed E-state index contributed by atoms with van der Waals surface area (Å²) in [5.74, 6) is 0.738. The Kier molecular flexibility index (Phi) is 4.28. The summed E-state index contributed by atoms with van der Waals surface area (Å²) in [5.41, 5.74) is 8.41. The lowest BCUT2D eigenvalue weighted by Gasteiger charge is -2.32. The molecule has 1 saturated carbocycles. The molecule has 0 bridgehead atoms. The molecule has 1 atom stereocenters. The van der Waals surface area contributed by atoms with Gasteiger partial charge in [-0.1, -0.05) is 0 Å². The Hall–Kier alpha value is -1.73. The molecule has 0 spiro atoms. The van der Waals surface area contributed by atoms with Crippen LogP contribution >= 0.6 is 0 Å². The van der Waals surface area contributed by atoms with E-state index in [9.17, 15) is 0 Å². The van der Waals surface area contributed by atoms with Crippen molar-refractivity contribution in [2.45, 2.75) is 25.8 Å². The number of hydrogen-bond acceptors (Lipinski definition) is 4. The first-order chi connectivity index (χ1) is 9.17. The second-order valence-corrected chi connectivity index (χ2v) is 5.15. The Balaban J connectivity index is 2.28. The van der Waals surface area contributed by atoms with E-state index in [2.05, 4.69) is 17.9 Å². The quantitative estimate of drug-likeness (QED) is 0.797. The number of nitrogens with two attached hydrogens (primary N) is 1. The second kappa shape index (κ2) is 5.94. The zero-order valence-corrected chi connectivity index (χ0v) is 11.6. The summed E-state index contributed by atoms with van der Waals surface area (Å²) in [5, 5.41) is 9.04. The molecule has 1 aromatic carbocycles. The van der Waals surface area contributed by atoms with Crippen LogP contribution in [0.2, 0.25) is 0 Å². The van der Waals surface area contributed by atoms with E-state index in [1.54, 1.807) is 13.2 Å². The number of rotatable bonds is 6. The van der Waals surface area contributed by atoms with Gasteiger partial charge in [-0.3, -0.25) is 0 Å². The zero-order valence-electron chi connectivity index (χ0n) is 11.6. The fourth-order valence-electron chi connectivity index (χ4n) is 2.43. The van der Waals surface area contributed by atoms with Crippen LogP contribution in [0, 0.1) is 17.2 Å². The van der Waals surface area contributed by atoms with Crippen molar-refractivity contribution >= 4 is 11.4 Å². The molecule has 4 nitrogen and oxygen atoms in total. The molecule has 102 valence electrons. The van der Waals surface area contributed by atoms with Crippen LogP contribution in [-0.2, 0) is 4.74 Å². The normalized spacial score (nSPS) is 15.8. The van der Waals surface area contributed by atoms with E-state index in [1.807, 2.05) is 12.1 Å². The standard InChI is InChI=1S/C15H21N3O/c1-11(13-4-5-13)18(7-8-19-2)15-9-12(10-16)3-6-14(15)17/h3,6,9,11,13H,4-5,7-8,17H2,1-2H3. The van der Waals surface area contributed by atoms with E-state index in [4.69, 9.17) is 15.7 Å². The maximum absolute atomic E-state index is 9.04. The summed E-state index contributed by atoms with van der Waals surface area (Å²) in [7, 11) is 1.70. The minimum absolute atomic E-state index is 0.436. The van der Waals surface area contributed by atoms with Gasteiger partial charge < -0.3 is 15.4 Å². The molecule has 1 unspecified atom stereocenters. The van der Waals surface area contributed by atoms with Crippen molar-refractivity contribution in [3.05, 3.63) is 23.8 Å². The SMILES string of the molecule is COCCN(c1cc(C#N)ccc1N)C(C)C1CC1. The molecule has 1 aromatic rings. The van der Waals surface area contributed by atoms with Crippen LogP contribution in [0.4, 0.5) is 11.4 Å². The van der Waals surface area contributed by atoms with Gasteiger partial charge in [0.1, 0.15) is 0 Å². The van der Waals surface area contributed by atoms with Gasteiger partial charge >= 0.3 is 0 Å². The highest BCUT2D eigenvalue weighted by atomic mass is 16.5. The molecule has 0 aromatic heterocycles. The Bertz CT molecular complexity index is 477. The highest BCUT2D eigenvalue weighted by Gasteiger charge is 2.32. The maximum atomic E-state index is 9.04. The van der Waals surface area contributed by atoms with E-state index < -0.39 is 0 Å². The van der Waals surface area contributed by atoms with Crippen molar-refractivity contribution in [1.29, 1.82) is 5.26 Å². The summed E-state index contributed by atoms with van der Waals surface area (Å²) in [6.45, 7) is 3.69. The van der Waals surface area contributed by atoms with Crippen LogP contribution in [0.15, 0.2) is 18.2 Å². The first kappa shape index (κ1) is 13.7. The van der Waals surface area contributed by atoms with E-state index in [0.717, 1.165) is 23.8 Å². The summed E-state index contributed by atoms with van der Waals surface area (Å²) in [6, 6.07) is 8.06. The van der Waals surface area contributed by atoms with Gasteiger partial charge in [-0.15, -0.1) is 0 Å². The fourth-order valence-corrected chi connectivity index (χ4v) is 2.43. The molecular weight excluding hydrogens is 238 g/mol. The van der Waals surface area contributed by atoms with Gasteiger partial charge in [-0.25, -0.2) is 0 Å². The number of hydrogen-bond donors (Lipinski definition) is 1. The molecule has 0 amide bonds. The minimum atomic E-state index is 0.436. The van der Waals surface area contributed by atoms with Crippen LogP contribution in [0.25, 0.3) is 0 Å². The lowest BCUT2D eigenvalue weighted by Crippen LogP contribution is -2.37. The van der Waals surface area contributed by atoms with Crippen molar-refractivity contribution in [2.75, 3.05) is 30.9 Å². The van der Waals surface area contributed by atoms with Crippen molar-refractivity contribution in [3.8, 4) is 6.07 Å². The van der Waals surface area contributed by atoms with Gasteiger partial charge in [0.15, 0.2) is 0 Å². The summed E-state index contributed by atoms with van der Waals surface area (Å²) < 4.78 is 5.19. The molecule has 19 heavy (non-hydrogen) atoms. The number of ether oxygens (including phenoxy) is 1. The van der Waals surface area contributed by atoms with Gasteiger partial charge in [-0.05, 0) is 43.9 Å². The third-order valence-corrected chi connectivity index (χ3v) is 3.80. The Labute approximate surface area is 114 Å². The highest BCUT2D eigenvalue weighted by Crippen LogP contribution is 2.38. The number of nitrogens with zero attached hydrogens (tertiary/aromatic N) is 2. The van der Waals surface area contributed by atoms with Gasteiger partial charge in [0.25, 0.3) is 0 Å². The average molecular weight is 259 g/mol. The molecule has 1 aliphatic rings. The lowest BCUT2D eigenvalue weighted by molar-refractivity contribution is 0.203. The van der Waals surface area contributed by atoms with Crippen molar-refractivity contribution in [1.82, 2.24) is 0 Å². The number of nitrogen functional groups attached to an aromatic ring is 1. The third-order valence-electron chi connectivity index (χ3n) is 3.80. The molecule has 4 heteroatoms. The smallest absolute Gasteiger partial charge is 0.0992 e. The van der Waals surface area contributed by atoms with E-state index in [0.29, 0.717) is 18.2 Å². The number of benzene rings is 1. The van der Waals surface area contributed by atoms with Crippen molar-refractivity contribution in [2.24, 2.45) is 5.92 Å². The van der Waals surface area contributed by atoms with Crippen molar-refractivity contribution < 1.29 is 4.74 Å². The molecule has 0 heterocycles. The maximum Gasteiger partial charge on any atom is 0.0992 e. The molecule has 2 rings (SSSR count). The molecule has 0 aliphatic heterocycles. The lowest BCUT2D eigenvalue weighted by atomic mass is 10.1. The highest BCUT2D eigenvalue weighted by molar-refractivity contribution is 5.70. The van der Waals surface area contributed by atoms with Crippen LogP contribution in [0.5, 0.6) is 0 Å². The van der Waals surface area contributed by atoms with Crippen LogP contribution < -0.4 is 10.6 Å². The topological polar surface area (TPSA) is 62.3 Å². The van der Waals surface area contributed by atoms with E-state index >= 15 is 0 Å². The van der Waals surface area contributed by atoms with Crippen LogP contribution in [0.3, 0.4) is 0 Å². The van der Waals surface area contributed by atoms with Crippen LogP contribution in [-0.4, -0.2) is 26.3 Å². The van der Waals surface area contributed by atoms with Gasteiger partial charge in [0, 0.05) is 19.7 Å². The molecule has 1 aliphatic carbocycles.